The zero-order chi connectivity index (χ0) is 22.1. The fourth-order valence-electron chi connectivity index (χ4n) is 3.61. The minimum Gasteiger partial charge on any atom is -0.467 e. The number of hydrogen-bond donors (Lipinski definition) is 2. The summed E-state index contributed by atoms with van der Waals surface area (Å²) in [5.41, 5.74) is 4.27. The van der Waals surface area contributed by atoms with Gasteiger partial charge in [-0.15, -0.1) is 0 Å². The highest BCUT2D eigenvalue weighted by molar-refractivity contribution is 6.16. The molecule has 0 spiro atoms. The van der Waals surface area contributed by atoms with E-state index in [4.69, 9.17) is 9.15 Å². The summed E-state index contributed by atoms with van der Waals surface area (Å²) in [6.07, 6.45) is 1.61. The maximum absolute atomic E-state index is 13.1. The number of methoxy groups -OCH3 is 1. The first-order valence-electron chi connectivity index (χ1n) is 10.1. The summed E-state index contributed by atoms with van der Waals surface area (Å²) in [6, 6.07) is 21.0. The van der Waals surface area contributed by atoms with Crippen molar-refractivity contribution in [2.45, 2.75) is 6.92 Å². The minimum atomic E-state index is -0.242. The molecule has 0 aliphatic rings. The predicted octanol–water partition coefficient (Wildman–Crippen LogP) is 5.69. The molecule has 0 aliphatic carbocycles. The standard InChI is InChI=1S/C25H20N4O3/c1-15-10-11-16(14-20(15)28-22-12-13-26-25(29-22)31-2)27-24(30)19-8-5-7-18-17-6-3-4-9-21(17)32-23(18)19/h3-14H,1-2H3,(H,27,30)(H,26,28,29). The van der Waals surface area contributed by atoms with Crippen molar-refractivity contribution >= 4 is 45.0 Å². The van der Waals surface area contributed by atoms with Gasteiger partial charge in [-0.1, -0.05) is 36.4 Å². The summed E-state index contributed by atoms with van der Waals surface area (Å²) in [6.45, 7) is 1.97. The molecule has 2 N–H and O–H groups in total. The maximum atomic E-state index is 13.1. The van der Waals surface area contributed by atoms with Gasteiger partial charge in [-0.25, -0.2) is 4.98 Å². The number of aryl methyl sites for hydroxylation is 1. The molecule has 0 aliphatic heterocycles. The van der Waals surface area contributed by atoms with Crippen molar-refractivity contribution in [3.8, 4) is 6.01 Å². The molecular formula is C25H20N4O3. The summed E-state index contributed by atoms with van der Waals surface area (Å²) in [5.74, 6) is 0.351. The Morgan fingerprint density at radius 1 is 1.00 bits per heavy atom. The smallest absolute Gasteiger partial charge is 0.318 e. The van der Waals surface area contributed by atoms with Gasteiger partial charge in [0.15, 0.2) is 0 Å². The molecule has 7 heteroatoms. The fourth-order valence-corrected chi connectivity index (χ4v) is 3.61. The van der Waals surface area contributed by atoms with Crippen LogP contribution in [0.2, 0.25) is 0 Å². The van der Waals surface area contributed by atoms with E-state index < -0.39 is 0 Å². The van der Waals surface area contributed by atoms with Crippen molar-refractivity contribution in [2.75, 3.05) is 17.7 Å². The Morgan fingerprint density at radius 2 is 1.84 bits per heavy atom. The zero-order valence-corrected chi connectivity index (χ0v) is 17.5. The number of benzene rings is 3. The van der Waals surface area contributed by atoms with E-state index in [0.717, 1.165) is 27.6 Å². The van der Waals surface area contributed by atoms with Crippen LogP contribution < -0.4 is 15.4 Å². The zero-order valence-electron chi connectivity index (χ0n) is 17.5. The average molecular weight is 424 g/mol. The molecule has 2 heterocycles. The van der Waals surface area contributed by atoms with Crippen molar-refractivity contribution in [1.82, 2.24) is 9.97 Å². The first kappa shape index (κ1) is 19.6. The highest BCUT2D eigenvalue weighted by Crippen LogP contribution is 2.31. The molecule has 5 rings (SSSR count). The summed E-state index contributed by atoms with van der Waals surface area (Å²) in [5, 5.41) is 8.12. The second kappa shape index (κ2) is 8.03. The van der Waals surface area contributed by atoms with Crippen molar-refractivity contribution in [2.24, 2.45) is 0 Å². The molecule has 0 unspecified atom stereocenters. The number of hydrogen-bond acceptors (Lipinski definition) is 6. The van der Waals surface area contributed by atoms with Gasteiger partial charge in [0, 0.05) is 28.3 Å². The molecule has 1 amide bonds. The number of rotatable bonds is 5. The number of nitrogens with one attached hydrogen (secondary N) is 2. The molecule has 0 saturated carbocycles. The van der Waals surface area contributed by atoms with E-state index in [9.17, 15) is 4.79 Å². The molecule has 0 bridgehead atoms. The van der Waals surface area contributed by atoms with Crippen LogP contribution in [0.25, 0.3) is 21.9 Å². The molecule has 0 radical (unpaired) electrons. The normalized spacial score (nSPS) is 10.9. The Kier molecular flexibility index (Phi) is 4.91. The molecule has 0 atom stereocenters. The average Bonchev–Trinajstić information content (AvgIpc) is 3.20. The molecular weight excluding hydrogens is 404 g/mol. The number of fused-ring (bicyclic) bond motifs is 3. The second-order valence-electron chi connectivity index (χ2n) is 7.32. The Hall–Kier alpha value is -4.39. The van der Waals surface area contributed by atoms with Gasteiger partial charge in [-0.3, -0.25) is 4.79 Å². The number of aromatic nitrogens is 2. The van der Waals surface area contributed by atoms with Crippen LogP contribution in [0, 0.1) is 6.92 Å². The van der Waals surface area contributed by atoms with Crippen LogP contribution in [0.5, 0.6) is 6.01 Å². The molecule has 0 saturated heterocycles. The van der Waals surface area contributed by atoms with Gasteiger partial charge in [0.25, 0.3) is 5.91 Å². The van der Waals surface area contributed by atoms with Gasteiger partial charge in [-0.2, -0.15) is 4.98 Å². The lowest BCUT2D eigenvalue weighted by Crippen LogP contribution is -2.12. The van der Waals surface area contributed by atoms with Crippen LogP contribution in [-0.2, 0) is 0 Å². The van der Waals surface area contributed by atoms with Crippen molar-refractivity contribution in [3.05, 3.63) is 84.1 Å². The van der Waals surface area contributed by atoms with E-state index in [-0.39, 0.29) is 11.9 Å². The number of amides is 1. The molecule has 2 aromatic heterocycles. The van der Waals surface area contributed by atoms with Crippen molar-refractivity contribution in [3.63, 3.8) is 0 Å². The van der Waals surface area contributed by atoms with Crippen molar-refractivity contribution < 1.29 is 13.9 Å². The number of carbonyl (C=O) groups is 1. The number of nitrogens with zero attached hydrogens (tertiary/aromatic N) is 2. The van der Waals surface area contributed by atoms with Gasteiger partial charge >= 0.3 is 6.01 Å². The molecule has 7 nitrogen and oxygen atoms in total. The van der Waals surface area contributed by atoms with E-state index in [1.165, 1.54) is 7.11 Å². The van der Waals surface area contributed by atoms with Crippen LogP contribution in [-0.4, -0.2) is 23.0 Å². The van der Waals surface area contributed by atoms with Gasteiger partial charge in [0.2, 0.25) is 0 Å². The number of carbonyl (C=O) groups excluding carboxylic acids is 1. The molecule has 5 aromatic rings. The lowest BCUT2D eigenvalue weighted by atomic mass is 10.1. The fraction of sp³-hybridized carbons (Fsp3) is 0.0800. The monoisotopic (exact) mass is 424 g/mol. The minimum absolute atomic E-state index is 0.242. The lowest BCUT2D eigenvalue weighted by Gasteiger charge is -2.12. The first-order valence-corrected chi connectivity index (χ1v) is 10.1. The van der Waals surface area contributed by atoms with Gasteiger partial charge in [0.05, 0.1) is 12.7 Å². The summed E-state index contributed by atoms with van der Waals surface area (Å²) < 4.78 is 11.1. The van der Waals surface area contributed by atoms with Gasteiger partial charge in [0.1, 0.15) is 17.0 Å². The van der Waals surface area contributed by atoms with Gasteiger partial charge < -0.3 is 19.8 Å². The maximum Gasteiger partial charge on any atom is 0.318 e. The van der Waals surface area contributed by atoms with E-state index in [1.54, 1.807) is 18.3 Å². The van der Waals surface area contributed by atoms with E-state index in [2.05, 4.69) is 20.6 Å². The van der Waals surface area contributed by atoms with E-state index >= 15 is 0 Å². The van der Waals surface area contributed by atoms with Crippen LogP contribution in [0.15, 0.2) is 77.3 Å². The number of ether oxygens (including phenoxy) is 1. The number of furan rings is 1. The third-order valence-electron chi connectivity index (χ3n) is 5.22. The van der Waals surface area contributed by atoms with Gasteiger partial charge in [-0.05, 0) is 42.8 Å². The quantitative estimate of drug-likeness (QED) is 0.377. The van der Waals surface area contributed by atoms with Crippen LogP contribution in [0.4, 0.5) is 17.2 Å². The lowest BCUT2D eigenvalue weighted by molar-refractivity contribution is 0.102. The van der Waals surface area contributed by atoms with Crippen LogP contribution in [0.3, 0.4) is 0 Å². The molecule has 3 aromatic carbocycles. The Labute approximate surface area is 184 Å². The SMILES string of the molecule is COc1nccc(Nc2cc(NC(=O)c3cccc4c3oc3ccccc34)ccc2C)n1. The summed E-state index contributed by atoms with van der Waals surface area (Å²) in [7, 11) is 1.52. The highest BCUT2D eigenvalue weighted by atomic mass is 16.5. The molecule has 32 heavy (non-hydrogen) atoms. The summed E-state index contributed by atoms with van der Waals surface area (Å²) >= 11 is 0. The second-order valence-corrected chi connectivity index (χ2v) is 7.32. The molecule has 0 fully saturated rings. The van der Waals surface area contributed by atoms with Crippen molar-refractivity contribution in [1.29, 1.82) is 0 Å². The summed E-state index contributed by atoms with van der Waals surface area (Å²) in [4.78, 5) is 21.4. The third kappa shape index (κ3) is 3.60. The van der Waals surface area contributed by atoms with Crippen LogP contribution in [0.1, 0.15) is 15.9 Å². The van der Waals surface area contributed by atoms with Crippen LogP contribution >= 0.6 is 0 Å². The molecule has 158 valence electrons. The van der Waals surface area contributed by atoms with E-state index in [0.29, 0.717) is 22.7 Å². The highest BCUT2D eigenvalue weighted by Gasteiger charge is 2.16. The number of anilines is 3. The first-order chi connectivity index (χ1) is 15.6. The third-order valence-corrected chi connectivity index (χ3v) is 5.22. The topological polar surface area (TPSA) is 89.3 Å². The number of para-hydroxylation sites is 2. The Balaban J connectivity index is 1.44. The Morgan fingerprint density at radius 3 is 2.72 bits per heavy atom. The predicted molar refractivity (Wildman–Crippen MR) is 125 cm³/mol. The van der Waals surface area contributed by atoms with E-state index in [1.807, 2.05) is 61.5 Å². The largest absolute Gasteiger partial charge is 0.467 e. The Bertz CT molecular complexity index is 1460.